The zero-order valence-corrected chi connectivity index (χ0v) is 15.9. The van der Waals surface area contributed by atoms with E-state index >= 15 is 0 Å². The summed E-state index contributed by atoms with van der Waals surface area (Å²) in [5.74, 6) is 4.41. The van der Waals surface area contributed by atoms with Crippen LogP contribution >= 0.6 is 0 Å². The Bertz CT molecular complexity index is 510. The minimum atomic E-state index is -1.65. The molecule has 0 N–H and O–H groups in total. The second kappa shape index (κ2) is 7.18. The molecule has 1 aromatic rings. The molecular formula is C19H30OSi. The Morgan fingerprint density at radius 1 is 0.952 bits per heavy atom. The molecule has 1 nitrogen and oxygen atoms in total. The first-order valence-electron chi connectivity index (χ1n) is 7.93. The highest BCUT2D eigenvalue weighted by molar-refractivity contribution is 6.90. The Kier molecular flexibility index (Phi) is 6.10. The van der Waals surface area contributed by atoms with Crippen LogP contribution in [0.4, 0.5) is 0 Å². The topological polar surface area (TPSA) is 9.23 Å². The fraction of sp³-hybridized carbons (Fsp3) is 0.579. The average molecular weight is 303 g/mol. The third-order valence-electron chi connectivity index (χ3n) is 4.71. The van der Waals surface area contributed by atoms with E-state index in [4.69, 9.17) is 4.74 Å². The van der Waals surface area contributed by atoms with Crippen LogP contribution in [0.25, 0.3) is 0 Å². The van der Waals surface area contributed by atoms with Gasteiger partial charge in [0, 0.05) is 5.56 Å². The minimum absolute atomic E-state index is 0.670. The first-order chi connectivity index (χ1) is 9.75. The van der Waals surface area contributed by atoms with E-state index in [0.29, 0.717) is 16.6 Å². The maximum atomic E-state index is 5.27. The summed E-state index contributed by atoms with van der Waals surface area (Å²) in [6.45, 7) is 16.2. The molecule has 0 heterocycles. The summed E-state index contributed by atoms with van der Waals surface area (Å²) >= 11 is 0. The molecule has 0 unspecified atom stereocenters. The van der Waals surface area contributed by atoms with Crippen LogP contribution in [0.3, 0.4) is 0 Å². The van der Waals surface area contributed by atoms with Gasteiger partial charge in [-0.25, -0.2) is 0 Å². The van der Waals surface area contributed by atoms with Crippen LogP contribution in [0, 0.1) is 18.4 Å². The van der Waals surface area contributed by atoms with Gasteiger partial charge < -0.3 is 4.74 Å². The molecule has 0 aliphatic heterocycles. The van der Waals surface area contributed by atoms with Gasteiger partial charge in [-0.3, -0.25) is 0 Å². The molecule has 116 valence electrons. The Morgan fingerprint density at radius 2 is 1.48 bits per heavy atom. The van der Waals surface area contributed by atoms with Gasteiger partial charge in [0.05, 0.1) is 7.11 Å². The van der Waals surface area contributed by atoms with Crippen molar-refractivity contribution in [1.29, 1.82) is 0 Å². The maximum absolute atomic E-state index is 5.27. The second-order valence-electron chi connectivity index (χ2n) is 6.83. The number of rotatable bonds is 4. The molecule has 1 aromatic carbocycles. The first-order valence-corrected chi connectivity index (χ1v) is 10.2. The predicted molar refractivity (Wildman–Crippen MR) is 95.7 cm³/mol. The molecule has 2 heteroatoms. The lowest BCUT2D eigenvalue weighted by Crippen LogP contribution is -2.43. The molecule has 1 rings (SSSR count). The predicted octanol–water partition coefficient (Wildman–Crippen LogP) is 5.57. The van der Waals surface area contributed by atoms with Gasteiger partial charge >= 0.3 is 0 Å². The highest BCUT2D eigenvalue weighted by Gasteiger charge is 2.41. The van der Waals surface area contributed by atoms with Crippen LogP contribution in [0.15, 0.2) is 18.2 Å². The summed E-state index contributed by atoms with van der Waals surface area (Å²) in [6.07, 6.45) is 0. The largest absolute Gasteiger partial charge is 0.497 e. The highest BCUT2D eigenvalue weighted by atomic mass is 28.3. The Labute approximate surface area is 132 Å². The minimum Gasteiger partial charge on any atom is -0.497 e. The van der Waals surface area contributed by atoms with E-state index in [2.05, 4.69) is 72.1 Å². The number of hydrogen-bond acceptors (Lipinski definition) is 1. The molecule has 0 aliphatic rings. The third kappa shape index (κ3) is 3.71. The van der Waals surface area contributed by atoms with E-state index in [1.54, 1.807) is 7.11 Å². The van der Waals surface area contributed by atoms with Crippen molar-refractivity contribution in [1.82, 2.24) is 0 Å². The van der Waals surface area contributed by atoms with Crippen LogP contribution in [-0.4, -0.2) is 15.2 Å². The molecule has 0 aromatic heterocycles. The molecule has 0 radical (unpaired) electrons. The van der Waals surface area contributed by atoms with Gasteiger partial charge in [0.25, 0.3) is 0 Å². The molecule has 21 heavy (non-hydrogen) atoms. The normalized spacial score (nSPS) is 11.8. The standard InChI is InChI=1S/C19H30OSi/c1-14(2)21(15(3)4,16(5)6)12-11-18-9-10-19(20-8)13-17(18)7/h9-10,13-16H,1-8H3. The molecule has 0 saturated heterocycles. The zero-order chi connectivity index (χ0) is 16.2. The number of aryl methyl sites for hydroxylation is 1. The molecule has 0 bridgehead atoms. The van der Waals surface area contributed by atoms with Crippen LogP contribution in [0.2, 0.25) is 16.6 Å². The van der Waals surface area contributed by atoms with E-state index in [1.807, 2.05) is 6.07 Å². The summed E-state index contributed by atoms with van der Waals surface area (Å²) < 4.78 is 5.27. The monoisotopic (exact) mass is 302 g/mol. The van der Waals surface area contributed by atoms with Gasteiger partial charge in [0.1, 0.15) is 13.8 Å². The lowest BCUT2D eigenvalue weighted by molar-refractivity contribution is 0.414. The Hall–Kier alpha value is -1.20. The molecule has 0 spiro atoms. The lowest BCUT2D eigenvalue weighted by atomic mass is 10.1. The number of hydrogen-bond donors (Lipinski definition) is 0. The quantitative estimate of drug-likeness (QED) is 0.521. The van der Waals surface area contributed by atoms with E-state index in [0.717, 1.165) is 11.3 Å². The van der Waals surface area contributed by atoms with Gasteiger partial charge in [-0.05, 0) is 47.3 Å². The number of methoxy groups -OCH3 is 1. The van der Waals surface area contributed by atoms with Crippen LogP contribution in [0.5, 0.6) is 5.75 Å². The van der Waals surface area contributed by atoms with Gasteiger partial charge in [-0.2, -0.15) is 0 Å². The Morgan fingerprint density at radius 3 is 1.86 bits per heavy atom. The molecule has 0 saturated carbocycles. The van der Waals surface area contributed by atoms with Crippen molar-refractivity contribution in [2.45, 2.75) is 65.1 Å². The van der Waals surface area contributed by atoms with Gasteiger partial charge in [-0.1, -0.05) is 47.5 Å². The number of benzene rings is 1. The van der Waals surface area contributed by atoms with Gasteiger partial charge in [-0.15, -0.1) is 5.54 Å². The van der Waals surface area contributed by atoms with Gasteiger partial charge in [0.2, 0.25) is 0 Å². The van der Waals surface area contributed by atoms with E-state index < -0.39 is 8.07 Å². The fourth-order valence-corrected chi connectivity index (χ4v) is 8.73. The van der Waals surface area contributed by atoms with E-state index in [9.17, 15) is 0 Å². The van der Waals surface area contributed by atoms with Crippen molar-refractivity contribution in [2.24, 2.45) is 0 Å². The van der Waals surface area contributed by atoms with Crippen molar-refractivity contribution < 1.29 is 4.74 Å². The van der Waals surface area contributed by atoms with Crippen molar-refractivity contribution >= 4 is 8.07 Å². The SMILES string of the molecule is COc1ccc(C#C[Si](C(C)C)(C(C)C)C(C)C)c(C)c1. The zero-order valence-electron chi connectivity index (χ0n) is 14.9. The summed E-state index contributed by atoms with van der Waals surface area (Å²) in [5, 5.41) is 0. The fourth-order valence-electron chi connectivity index (χ4n) is 3.51. The molecule has 0 aliphatic carbocycles. The summed E-state index contributed by atoms with van der Waals surface area (Å²) in [7, 11) is 0.0552. The maximum Gasteiger partial charge on any atom is 0.146 e. The smallest absolute Gasteiger partial charge is 0.146 e. The van der Waals surface area contributed by atoms with E-state index in [1.165, 1.54) is 5.56 Å². The highest BCUT2D eigenvalue weighted by Crippen LogP contribution is 2.40. The van der Waals surface area contributed by atoms with E-state index in [-0.39, 0.29) is 0 Å². The molecule has 0 atom stereocenters. The average Bonchev–Trinajstić information content (AvgIpc) is 2.39. The van der Waals surface area contributed by atoms with Crippen molar-refractivity contribution in [3.8, 4) is 17.2 Å². The van der Waals surface area contributed by atoms with Crippen molar-refractivity contribution in [3.05, 3.63) is 29.3 Å². The molecular weight excluding hydrogens is 272 g/mol. The van der Waals surface area contributed by atoms with Crippen molar-refractivity contribution in [3.63, 3.8) is 0 Å². The molecule has 0 amide bonds. The third-order valence-corrected chi connectivity index (χ3v) is 11.0. The summed E-state index contributed by atoms with van der Waals surface area (Å²) in [6, 6.07) is 6.15. The van der Waals surface area contributed by atoms with Crippen LogP contribution in [-0.2, 0) is 0 Å². The summed E-state index contributed by atoms with van der Waals surface area (Å²) in [4.78, 5) is 0. The first kappa shape index (κ1) is 17.8. The Balaban J connectivity index is 3.29. The van der Waals surface area contributed by atoms with Gasteiger partial charge in [0.15, 0.2) is 0 Å². The second-order valence-corrected chi connectivity index (χ2v) is 12.4. The van der Waals surface area contributed by atoms with Crippen LogP contribution in [0.1, 0.15) is 52.7 Å². The summed E-state index contributed by atoms with van der Waals surface area (Å²) in [5.41, 5.74) is 8.11. The van der Waals surface area contributed by atoms with Crippen molar-refractivity contribution in [2.75, 3.05) is 7.11 Å². The number of ether oxygens (including phenoxy) is 1. The molecule has 0 fully saturated rings. The van der Waals surface area contributed by atoms with Crippen LogP contribution < -0.4 is 4.74 Å². The lowest BCUT2D eigenvalue weighted by Gasteiger charge is -2.38.